The van der Waals surface area contributed by atoms with Crippen LogP contribution in [0.1, 0.15) is 0 Å². The Labute approximate surface area is 85.8 Å². The van der Waals surface area contributed by atoms with Gasteiger partial charge >= 0.3 is 0 Å². The molecule has 0 N–H and O–H groups in total. The summed E-state index contributed by atoms with van der Waals surface area (Å²) in [6, 6.07) is 4.66. The van der Waals surface area contributed by atoms with Gasteiger partial charge in [-0.3, -0.25) is 0 Å². The molecule has 0 saturated carbocycles. The van der Waals surface area contributed by atoms with Gasteiger partial charge in [0.15, 0.2) is 9.84 Å². The lowest BCUT2D eigenvalue weighted by atomic mass is 10.3. The minimum atomic E-state index is -3.15. The van der Waals surface area contributed by atoms with E-state index in [1.165, 1.54) is 19.2 Å². The number of ether oxygens (including phenoxy) is 1. The van der Waals surface area contributed by atoms with Crippen molar-refractivity contribution in [2.45, 2.75) is 4.90 Å². The zero-order valence-electron chi connectivity index (χ0n) is 7.24. The van der Waals surface area contributed by atoms with Gasteiger partial charge in [-0.15, -0.1) is 0 Å². The third-order valence-electron chi connectivity index (χ3n) is 1.55. The van der Waals surface area contributed by atoms with Crippen molar-refractivity contribution in [1.82, 2.24) is 0 Å². The summed E-state index contributed by atoms with van der Waals surface area (Å²) in [5, 5.41) is 0. The molecule has 5 heteroatoms. The Balaban J connectivity index is 3.30. The first-order chi connectivity index (χ1) is 5.95. The van der Waals surface area contributed by atoms with E-state index in [4.69, 9.17) is 4.74 Å². The molecule has 0 aromatic heterocycles. The van der Waals surface area contributed by atoms with Crippen molar-refractivity contribution in [1.29, 1.82) is 0 Å². The fraction of sp³-hybridized carbons (Fsp3) is 0.250. The molecular formula is C8H9BrO3S. The average Bonchev–Trinajstić information content (AvgIpc) is 2.03. The number of hydrogen-bond acceptors (Lipinski definition) is 3. The lowest BCUT2D eigenvalue weighted by Gasteiger charge is -2.04. The fourth-order valence-corrected chi connectivity index (χ4v) is 1.92. The van der Waals surface area contributed by atoms with Gasteiger partial charge in [-0.1, -0.05) is 0 Å². The van der Waals surface area contributed by atoms with Crippen LogP contribution in [0.25, 0.3) is 0 Å². The quantitative estimate of drug-likeness (QED) is 0.819. The average molecular weight is 265 g/mol. The summed E-state index contributed by atoms with van der Waals surface area (Å²) in [6.07, 6.45) is 1.16. The van der Waals surface area contributed by atoms with Crippen LogP contribution in [-0.2, 0) is 9.84 Å². The lowest BCUT2D eigenvalue weighted by molar-refractivity contribution is 0.411. The van der Waals surface area contributed by atoms with Gasteiger partial charge in [-0.2, -0.15) is 0 Å². The summed E-state index contributed by atoms with van der Waals surface area (Å²) in [4.78, 5) is 0.257. The van der Waals surface area contributed by atoms with Gasteiger partial charge in [0.05, 0.1) is 16.5 Å². The van der Waals surface area contributed by atoms with Gasteiger partial charge in [-0.25, -0.2) is 8.42 Å². The van der Waals surface area contributed by atoms with Gasteiger partial charge < -0.3 is 4.74 Å². The molecule has 1 aromatic rings. The van der Waals surface area contributed by atoms with Crippen LogP contribution in [0, 0.1) is 0 Å². The van der Waals surface area contributed by atoms with Crippen LogP contribution in [0.15, 0.2) is 27.6 Å². The molecule has 72 valence electrons. The van der Waals surface area contributed by atoms with Crippen molar-refractivity contribution in [3.63, 3.8) is 0 Å². The van der Waals surface area contributed by atoms with E-state index >= 15 is 0 Å². The number of hydrogen-bond donors (Lipinski definition) is 0. The molecule has 0 unspecified atom stereocenters. The third kappa shape index (κ3) is 2.45. The molecule has 1 rings (SSSR count). The number of rotatable bonds is 2. The predicted molar refractivity (Wildman–Crippen MR) is 53.8 cm³/mol. The van der Waals surface area contributed by atoms with Gasteiger partial charge in [0.2, 0.25) is 0 Å². The van der Waals surface area contributed by atoms with Crippen LogP contribution >= 0.6 is 15.9 Å². The Kier molecular flexibility index (Phi) is 2.98. The van der Waals surface area contributed by atoms with E-state index in [0.29, 0.717) is 5.75 Å². The van der Waals surface area contributed by atoms with E-state index in [-0.39, 0.29) is 4.90 Å². The number of sulfone groups is 1. The maximum absolute atomic E-state index is 11.1. The molecule has 0 radical (unpaired) electrons. The highest BCUT2D eigenvalue weighted by atomic mass is 79.9. The zero-order chi connectivity index (χ0) is 10.1. The maximum Gasteiger partial charge on any atom is 0.175 e. The monoisotopic (exact) mass is 264 g/mol. The zero-order valence-corrected chi connectivity index (χ0v) is 9.65. The number of methoxy groups -OCH3 is 1. The number of benzene rings is 1. The molecule has 0 spiro atoms. The van der Waals surface area contributed by atoms with Crippen LogP contribution in [0.5, 0.6) is 5.75 Å². The predicted octanol–water partition coefficient (Wildman–Crippen LogP) is 1.86. The largest absolute Gasteiger partial charge is 0.496 e. The van der Waals surface area contributed by atoms with Crippen molar-refractivity contribution in [3.05, 3.63) is 22.7 Å². The van der Waals surface area contributed by atoms with Gasteiger partial charge in [0.25, 0.3) is 0 Å². The highest BCUT2D eigenvalue weighted by Gasteiger charge is 2.09. The standard InChI is InChI=1S/C8H9BrO3S/c1-12-8-5-6(13(2,10)11)3-4-7(8)9/h3-5H,1-2H3. The second-order valence-corrected chi connectivity index (χ2v) is 5.44. The molecule has 0 bridgehead atoms. The highest BCUT2D eigenvalue weighted by Crippen LogP contribution is 2.27. The Bertz CT molecular complexity index is 411. The highest BCUT2D eigenvalue weighted by molar-refractivity contribution is 9.10. The van der Waals surface area contributed by atoms with E-state index in [1.807, 2.05) is 0 Å². The molecule has 0 aliphatic rings. The first-order valence-electron chi connectivity index (χ1n) is 3.49. The molecule has 1 aromatic carbocycles. The topological polar surface area (TPSA) is 43.4 Å². The smallest absolute Gasteiger partial charge is 0.175 e. The Morgan fingerprint density at radius 2 is 2.00 bits per heavy atom. The molecule has 0 amide bonds. The fourth-order valence-electron chi connectivity index (χ4n) is 0.871. The van der Waals surface area contributed by atoms with E-state index < -0.39 is 9.84 Å². The molecule has 3 nitrogen and oxygen atoms in total. The molecule has 0 atom stereocenters. The minimum Gasteiger partial charge on any atom is -0.496 e. The van der Waals surface area contributed by atoms with Crippen molar-refractivity contribution in [3.8, 4) is 5.75 Å². The second kappa shape index (κ2) is 3.67. The van der Waals surface area contributed by atoms with Crippen LogP contribution in [0.4, 0.5) is 0 Å². The molecule has 13 heavy (non-hydrogen) atoms. The molecular weight excluding hydrogens is 256 g/mol. The molecule has 0 aliphatic heterocycles. The first kappa shape index (κ1) is 10.5. The van der Waals surface area contributed by atoms with Gasteiger partial charge in [0.1, 0.15) is 5.75 Å². The van der Waals surface area contributed by atoms with Crippen LogP contribution < -0.4 is 4.74 Å². The van der Waals surface area contributed by atoms with E-state index in [2.05, 4.69) is 15.9 Å². The summed E-state index contributed by atoms with van der Waals surface area (Å²) in [5.74, 6) is 0.517. The Hall–Kier alpha value is -0.550. The normalized spacial score (nSPS) is 11.3. The van der Waals surface area contributed by atoms with Gasteiger partial charge in [-0.05, 0) is 34.1 Å². The molecule has 0 aliphatic carbocycles. The first-order valence-corrected chi connectivity index (χ1v) is 6.17. The van der Waals surface area contributed by atoms with Crippen molar-refractivity contribution in [2.75, 3.05) is 13.4 Å². The second-order valence-electron chi connectivity index (χ2n) is 2.57. The van der Waals surface area contributed by atoms with Crippen LogP contribution in [0.3, 0.4) is 0 Å². The Morgan fingerprint density at radius 3 is 2.46 bits per heavy atom. The summed E-state index contributed by atoms with van der Waals surface area (Å²) in [6.45, 7) is 0. The maximum atomic E-state index is 11.1. The minimum absolute atomic E-state index is 0.257. The van der Waals surface area contributed by atoms with E-state index in [1.54, 1.807) is 6.07 Å². The van der Waals surface area contributed by atoms with Gasteiger partial charge in [0, 0.05) is 6.26 Å². The third-order valence-corrected chi connectivity index (χ3v) is 3.32. The van der Waals surface area contributed by atoms with Crippen molar-refractivity contribution >= 4 is 25.8 Å². The molecule has 0 fully saturated rings. The van der Waals surface area contributed by atoms with Crippen LogP contribution in [0.2, 0.25) is 0 Å². The summed E-state index contributed by atoms with van der Waals surface area (Å²) in [7, 11) is -1.66. The lowest BCUT2D eigenvalue weighted by Crippen LogP contribution is -1.97. The van der Waals surface area contributed by atoms with E-state index in [0.717, 1.165) is 10.7 Å². The molecule has 0 heterocycles. The van der Waals surface area contributed by atoms with Crippen molar-refractivity contribution < 1.29 is 13.2 Å². The van der Waals surface area contributed by atoms with E-state index in [9.17, 15) is 8.42 Å². The summed E-state index contributed by atoms with van der Waals surface area (Å²) < 4.78 is 28.0. The summed E-state index contributed by atoms with van der Waals surface area (Å²) in [5.41, 5.74) is 0. The summed E-state index contributed by atoms with van der Waals surface area (Å²) >= 11 is 3.24. The molecule has 0 saturated heterocycles. The van der Waals surface area contributed by atoms with Crippen molar-refractivity contribution in [2.24, 2.45) is 0 Å². The number of halogens is 1. The Morgan fingerprint density at radius 1 is 1.38 bits per heavy atom. The SMILES string of the molecule is COc1cc(S(C)(=O)=O)ccc1Br. The van der Waals surface area contributed by atoms with Crippen LogP contribution in [-0.4, -0.2) is 21.8 Å².